The highest BCUT2D eigenvalue weighted by molar-refractivity contribution is 6.35. The second kappa shape index (κ2) is 5.72. The molecule has 0 aliphatic carbocycles. The molecule has 0 atom stereocenters. The van der Waals surface area contributed by atoms with Gasteiger partial charge in [-0.3, -0.25) is 0 Å². The van der Waals surface area contributed by atoms with Crippen molar-refractivity contribution in [3.63, 3.8) is 0 Å². The van der Waals surface area contributed by atoms with Gasteiger partial charge in [-0.15, -0.1) is 0 Å². The van der Waals surface area contributed by atoms with Gasteiger partial charge in [0.15, 0.2) is 0 Å². The lowest BCUT2D eigenvalue weighted by Crippen LogP contribution is -1.86. The molecule has 0 spiro atoms. The molecule has 2 aromatic carbocycles. The van der Waals surface area contributed by atoms with E-state index in [1.165, 1.54) is 18.2 Å². The number of allylic oxidation sites excluding steroid dienone is 1. The van der Waals surface area contributed by atoms with Crippen molar-refractivity contribution in [1.29, 1.82) is 5.26 Å². The average Bonchev–Trinajstić information content (AvgIpc) is 2.93. The number of rotatable bonds is 2. The van der Waals surface area contributed by atoms with Crippen molar-refractivity contribution < 1.29 is 5.11 Å². The lowest BCUT2D eigenvalue weighted by Gasteiger charge is -2.03. The molecule has 3 aromatic rings. The molecule has 0 unspecified atom stereocenters. The number of halogens is 2. The summed E-state index contributed by atoms with van der Waals surface area (Å²) in [5.74, 6) is 0.286. The number of para-hydroxylation sites is 2. The lowest BCUT2D eigenvalue weighted by molar-refractivity contribution is 0.474. The Morgan fingerprint density at radius 2 is 2.05 bits per heavy atom. The molecule has 0 saturated carbocycles. The van der Waals surface area contributed by atoms with E-state index in [0.29, 0.717) is 16.4 Å². The standard InChI is InChI=1S/C16H9Cl2N3O/c17-11-6-9(15(22)12(18)7-11)5-10(8-19)16-20-13-3-1-2-4-14(13)21-16/h1-7,22H,(H,20,21)/b10-5-. The molecule has 3 rings (SSSR count). The van der Waals surface area contributed by atoms with Crippen LogP contribution in [0.25, 0.3) is 22.7 Å². The first kappa shape index (κ1) is 14.5. The number of phenolic OH excluding ortho intramolecular Hbond substituents is 1. The van der Waals surface area contributed by atoms with Gasteiger partial charge in [0.2, 0.25) is 0 Å². The summed E-state index contributed by atoms with van der Waals surface area (Å²) < 4.78 is 0. The van der Waals surface area contributed by atoms with Gasteiger partial charge in [-0.1, -0.05) is 35.3 Å². The Hall–Kier alpha value is -2.48. The number of fused-ring (bicyclic) bond motifs is 1. The van der Waals surface area contributed by atoms with Crippen molar-refractivity contribution in [2.24, 2.45) is 0 Å². The van der Waals surface area contributed by atoms with Crippen LogP contribution in [0.3, 0.4) is 0 Å². The number of aromatic hydroxyl groups is 1. The van der Waals surface area contributed by atoms with Crippen molar-refractivity contribution in [2.45, 2.75) is 0 Å². The maximum Gasteiger partial charge on any atom is 0.149 e. The predicted molar refractivity (Wildman–Crippen MR) is 87.7 cm³/mol. The Kier molecular flexibility index (Phi) is 3.76. The molecule has 2 N–H and O–H groups in total. The van der Waals surface area contributed by atoms with Crippen LogP contribution in [0.4, 0.5) is 0 Å². The van der Waals surface area contributed by atoms with Crippen LogP contribution in [0, 0.1) is 11.3 Å². The number of hydrogen-bond donors (Lipinski definition) is 2. The monoisotopic (exact) mass is 329 g/mol. The molecular weight excluding hydrogens is 321 g/mol. The highest BCUT2D eigenvalue weighted by Gasteiger charge is 2.11. The van der Waals surface area contributed by atoms with Crippen LogP contribution < -0.4 is 0 Å². The molecule has 0 saturated heterocycles. The van der Waals surface area contributed by atoms with Crippen LogP contribution in [0.1, 0.15) is 11.4 Å². The van der Waals surface area contributed by atoms with E-state index in [9.17, 15) is 10.4 Å². The van der Waals surface area contributed by atoms with Gasteiger partial charge in [0.05, 0.1) is 21.6 Å². The number of aromatic nitrogens is 2. The summed E-state index contributed by atoms with van der Waals surface area (Å²) in [5.41, 5.74) is 2.21. The van der Waals surface area contributed by atoms with Crippen molar-refractivity contribution in [1.82, 2.24) is 9.97 Å². The van der Waals surface area contributed by atoms with Gasteiger partial charge in [0.25, 0.3) is 0 Å². The summed E-state index contributed by atoms with van der Waals surface area (Å²) >= 11 is 11.8. The van der Waals surface area contributed by atoms with E-state index in [1.807, 2.05) is 24.3 Å². The third-order valence-electron chi connectivity index (χ3n) is 3.12. The number of phenols is 1. The quantitative estimate of drug-likeness (QED) is 0.672. The lowest BCUT2D eigenvalue weighted by atomic mass is 10.1. The van der Waals surface area contributed by atoms with E-state index >= 15 is 0 Å². The molecule has 0 bridgehead atoms. The van der Waals surface area contributed by atoms with Gasteiger partial charge < -0.3 is 10.1 Å². The smallest absolute Gasteiger partial charge is 0.149 e. The fourth-order valence-corrected chi connectivity index (χ4v) is 2.59. The van der Waals surface area contributed by atoms with Crippen LogP contribution in [-0.2, 0) is 0 Å². The largest absolute Gasteiger partial charge is 0.506 e. The second-order valence-electron chi connectivity index (χ2n) is 4.60. The van der Waals surface area contributed by atoms with Crippen LogP contribution in [0.5, 0.6) is 5.75 Å². The van der Waals surface area contributed by atoms with E-state index in [0.717, 1.165) is 11.0 Å². The first-order chi connectivity index (χ1) is 10.6. The van der Waals surface area contributed by atoms with Crippen molar-refractivity contribution in [3.05, 3.63) is 57.8 Å². The Balaban J connectivity index is 2.13. The minimum Gasteiger partial charge on any atom is -0.506 e. The Labute approximate surface area is 136 Å². The average molecular weight is 330 g/mol. The topological polar surface area (TPSA) is 72.7 Å². The van der Waals surface area contributed by atoms with Crippen molar-refractivity contribution in [3.8, 4) is 11.8 Å². The molecule has 22 heavy (non-hydrogen) atoms. The van der Waals surface area contributed by atoms with Crippen molar-refractivity contribution >= 4 is 45.9 Å². The molecular formula is C16H9Cl2N3O. The van der Waals surface area contributed by atoms with Gasteiger partial charge >= 0.3 is 0 Å². The fourth-order valence-electron chi connectivity index (χ4n) is 2.09. The van der Waals surface area contributed by atoms with E-state index in [-0.39, 0.29) is 16.3 Å². The van der Waals surface area contributed by atoms with E-state index in [1.54, 1.807) is 0 Å². The Morgan fingerprint density at radius 3 is 2.77 bits per heavy atom. The number of benzene rings is 2. The number of nitrogens with one attached hydrogen (secondary N) is 1. The maximum atomic E-state index is 9.98. The van der Waals surface area contributed by atoms with Gasteiger partial charge in [0, 0.05) is 10.6 Å². The van der Waals surface area contributed by atoms with E-state index in [2.05, 4.69) is 16.0 Å². The molecule has 1 heterocycles. The van der Waals surface area contributed by atoms with Gasteiger partial charge in [-0.25, -0.2) is 4.98 Å². The minimum atomic E-state index is -0.130. The van der Waals surface area contributed by atoms with Gasteiger partial charge in [-0.05, 0) is 30.3 Å². The summed E-state index contributed by atoms with van der Waals surface area (Å²) in [6.45, 7) is 0. The number of nitrogens with zero attached hydrogens (tertiary/aromatic N) is 2. The molecule has 1 aromatic heterocycles. The number of nitriles is 1. The normalized spacial score (nSPS) is 11.6. The summed E-state index contributed by atoms with van der Waals surface area (Å²) in [6.07, 6.45) is 1.49. The Bertz CT molecular complexity index is 905. The highest BCUT2D eigenvalue weighted by Crippen LogP contribution is 2.33. The summed E-state index contributed by atoms with van der Waals surface area (Å²) in [7, 11) is 0. The Morgan fingerprint density at radius 1 is 1.27 bits per heavy atom. The molecule has 0 aliphatic heterocycles. The first-order valence-corrected chi connectivity index (χ1v) is 7.09. The molecule has 4 nitrogen and oxygen atoms in total. The molecule has 6 heteroatoms. The highest BCUT2D eigenvalue weighted by atomic mass is 35.5. The third kappa shape index (κ3) is 2.64. The molecule has 0 amide bonds. The molecule has 0 radical (unpaired) electrons. The molecule has 0 aliphatic rings. The third-order valence-corrected chi connectivity index (χ3v) is 3.63. The van der Waals surface area contributed by atoms with Crippen LogP contribution >= 0.6 is 23.2 Å². The SMILES string of the molecule is N#C/C(=C/c1cc(Cl)cc(Cl)c1O)c1nc2ccccc2[nH]1. The number of imidazole rings is 1. The zero-order valence-corrected chi connectivity index (χ0v) is 12.7. The fraction of sp³-hybridized carbons (Fsp3) is 0. The zero-order chi connectivity index (χ0) is 15.7. The van der Waals surface area contributed by atoms with Crippen LogP contribution in [0.15, 0.2) is 36.4 Å². The van der Waals surface area contributed by atoms with Gasteiger partial charge in [0.1, 0.15) is 17.6 Å². The zero-order valence-electron chi connectivity index (χ0n) is 11.1. The number of aromatic amines is 1. The molecule has 0 fully saturated rings. The van der Waals surface area contributed by atoms with E-state index < -0.39 is 0 Å². The van der Waals surface area contributed by atoms with Gasteiger partial charge in [-0.2, -0.15) is 5.26 Å². The minimum absolute atomic E-state index is 0.126. The number of hydrogen-bond acceptors (Lipinski definition) is 3. The predicted octanol–water partition coefficient (Wildman–Crippen LogP) is 4.64. The summed E-state index contributed by atoms with van der Waals surface area (Å²) in [6, 6.07) is 12.5. The van der Waals surface area contributed by atoms with Crippen LogP contribution in [-0.4, -0.2) is 15.1 Å². The van der Waals surface area contributed by atoms with Crippen LogP contribution in [0.2, 0.25) is 10.0 Å². The summed E-state index contributed by atoms with van der Waals surface area (Å²) in [5, 5.41) is 19.8. The van der Waals surface area contributed by atoms with E-state index in [4.69, 9.17) is 23.2 Å². The summed E-state index contributed by atoms with van der Waals surface area (Å²) in [4.78, 5) is 7.43. The molecule has 108 valence electrons. The number of H-pyrrole nitrogens is 1. The van der Waals surface area contributed by atoms with Crippen molar-refractivity contribution in [2.75, 3.05) is 0 Å². The first-order valence-electron chi connectivity index (χ1n) is 6.33. The maximum absolute atomic E-state index is 9.98. The second-order valence-corrected chi connectivity index (χ2v) is 5.44.